The number of hydrogen-bond donors (Lipinski definition) is 0. The molecule has 12 nitrogen and oxygen atoms in total. The van der Waals surface area contributed by atoms with E-state index in [0.29, 0.717) is 17.0 Å². The molecule has 3 heterocycles. The molecule has 0 radical (unpaired) electrons. The number of aromatic nitrogens is 1. The second kappa shape index (κ2) is 12.0. The van der Waals surface area contributed by atoms with Gasteiger partial charge in [-0.2, -0.15) is 5.26 Å². The summed E-state index contributed by atoms with van der Waals surface area (Å²) in [6.45, 7) is 5.87. The van der Waals surface area contributed by atoms with Crippen molar-refractivity contribution in [3.05, 3.63) is 40.4 Å². The van der Waals surface area contributed by atoms with Gasteiger partial charge in [-0.25, -0.2) is 0 Å². The first-order valence-corrected chi connectivity index (χ1v) is 11.9. The summed E-state index contributed by atoms with van der Waals surface area (Å²) in [5.74, 6) is -2.49. The number of aryl methyl sites for hydroxylation is 1. The molecule has 3 rings (SSSR count). The van der Waals surface area contributed by atoms with Gasteiger partial charge in [0, 0.05) is 39.0 Å². The van der Waals surface area contributed by atoms with Gasteiger partial charge in [-0.15, -0.1) is 0 Å². The zero-order valence-corrected chi connectivity index (χ0v) is 22.1. The molecule has 0 unspecified atom stereocenters. The molecule has 13 heteroatoms. The van der Waals surface area contributed by atoms with Crippen molar-refractivity contribution in [1.82, 2.24) is 4.57 Å². The highest BCUT2D eigenvalue weighted by Gasteiger charge is 2.53. The fraction of sp³-hybridized carbons (Fsp3) is 0.440. The average Bonchev–Trinajstić information content (AvgIpc) is 3.35. The van der Waals surface area contributed by atoms with Gasteiger partial charge in [0.25, 0.3) is 0 Å². The topological polar surface area (TPSA) is 156 Å². The summed E-state index contributed by atoms with van der Waals surface area (Å²) in [7, 11) is 0. The van der Waals surface area contributed by atoms with Crippen LogP contribution in [0.5, 0.6) is 0 Å². The Labute approximate surface area is 223 Å². The first-order chi connectivity index (χ1) is 17.9. The van der Waals surface area contributed by atoms with Crippen LogP contribution in [0.15, 0.2) is 28.9 Å². The van der Waals surface area contributed by atoms with Crippen LogP contribution in [0, 0.1) is 22.9 Å². The van der Waals surface area contributed by atoms with Crippen molar-refractivity contribution < 1.29 is 47.3 Å². The summed E-state index contributed by atoms with van der Waals surface area (Å²) in [6.07, 6.45) is -5.06. The molecular weight excluding hydrogens is 520 g/mol. The lowest BCUT2D eigenvalue weighted by Crippen LogP contribution is -2.60. The predicted octanol–water partition coefficient (Wildman–Crippen LogP) is 2.91. The van der Waals surface area contributed by atoms with Gasteiger partial charge in [0.05, 0.1) is 11.8 Å². The SMILES string of the molecule is CC(=O)OC[C@@H]1O[C@@H](n2c(C)cc(-c3ccco3)c(C#N)c2=S)[C@H](OC(C)=O)[C@H](OC(C)=O)[C@@H]1OC(C)=O. The Balaban J connectivity index is 2.24. The van der Waals surface area contributed by atoms with Crippen molar-refractivity contribution in [3.8, 4) is 17.4 Å². The Morgan fingerprint density at radius 3 is 2.13 bits per heavy atom. The largest absolute Gasteiger partial charge is 0.464 e. The number of hydrogen-bond acceptors (Lipinski definition) is 12. The van der Waals surface area contributed by atoms with E-state index >= 15 is 0 Å². The van der Waals surface area contributed by atoms with E-state index in [4.69, 9.17) is 40.3 Å². The number of pyridine rings is 1. The molecule has 5 atom stereocenters. The molecule has 1 aliphatic rings. The summed E-state index contributed by atoms with van der Waals surface area (Å²) in [5, 5.41) is 9.95. The highest BCUT2D eigenvalue weighted by molar-refractivity contribution is 7.71. The minimum Gasteiger partial charge on any atom is -0.464 e. The normalized spacial score (nSPS) is 22.6. The van der Waals surface area contributed by atoms with E-state index in [1.54, 1.807) is 25.1 Å². The maximum Gasteiger partial charge on any atom is 0.303 e. The number of carbonyl (C=O) groups excluding carboxylic acids is 4. The number of carbonyl (C=O) groups is 4. The van der Waals surface area contributed by atoms with Crippen LogP contribution in [0.1, 0.15) is 45.2 Å². The van der Waals surface area contributed by atoms with E-state index in [1.165, 1.54) is 17.8 Å². The fourth-order valence-corrected chi connectivity index (χ4v) is 4.61. The zero-order valence-electron chi connectivity index (χ0n) is 21.3. The summed E-state index contributed by atoms with van der Waals surface area (Å²) in [5.41, 5.74) is 0.983. The molecule has 1 saturated heterocycles. The number of furan rings is 1. The summed E-state index contributed by atoms with van der Waals surface area (Å²) in [4.78, 5) is 47.8. The lowest BCUT2D eigenvalue weighted by atomic mass is 9.96. The molecular formula is C25H26N2O10S. The second-order valence-corrected chi connectivity index (χ2v) is 8.82. The average molecular weight is 547 g/mol. The van der Waals surface area contributed by atoms with Crippen molar-refractivity contribution in [1.29, 1.82) is 5.26 Å². The van der Waals surface area contributed by atoms with Gasteiger partial charge in [0.1, 0.15) is 29.2 Å². The second-order valence-electron chi connectivity index (χ2n) is 8.43. The van der Waals surface area contributed by atoms with Crippen LogP contribution in [0.25, 0.3) is 11.3 Å². The molecule has 0 bridgehead atoms. The molecule has 0 spiro atoms. The third-order valence-corrected chi connectivity index (χ3v) is 5.96. The third-order valence-electron chi connectivity index (χ3n) is 5.55. The smallest absolute Gasteiger partial charge is 0.303 e. The van der Waals surface area contributed by atoms with Gasteiger partial charge in [0.15, 0.2) is 24.5 Å². The van der Waals surface area contributed by atoms with Gasteiger partial charge in [-0.3, -0.25) is 19.2 Å². The highest BCUT2D eigenvalue weighted by atomic mass is 32.1. The van der Waals surface area contributed by atoms with E-state index in [9.17, 15) is 24.4 Å². The van der Waals surface area contributed by atoms with E-state index in [2.05, 4.69) is 6.07 Å². The van der Waals surface area contributed by atoms with Crippen LogP contribution in [0.4, 0.5) is 0 Å². The van der Waals surface area contributed by atoms with Crippen molar-refractivity contribution in [2.24, 2.45) is 0 Å². The minimum atomic E-state index is -1.38. The van der Waals surface area contributed by atoms with Crippen LogP contribution in [-0.4, -0.2) is 59.5 Å². The minimum absolute atomic E-state index is 0.0137. The molecule has 2 aromatic heterocycles. The van der Waals surface area contributed by atoms with Crippen LogP contribution >= 0.6 is 12.2 Å². The standard InChI is InChI=1S/C25H26N2O10S/c1-12-9-17(19-7-6-8-32-19)18(10-26)25(38)27(12)24-23(36-16(5)31)22(35-15(4)30)21(34-14(3)29)20(37-24)11-33-13(2)28/h6-9,20-24H,11H2,1-5H3/t20-,21+,22+,23+,24+/m0/s1. The Morgan fingerprint density at radius 1 is 1.00 bits per heavy atom. The van der Waals surface area contributed by atoms with E-state index in [0.717, 1.165) is 20.8 Å². The quantitative estimate of drug-likeness (QED) is 0.285. The summed E-state index contributed by atoms with van der Waals surface area (Å²) in [6, 6.07) is 7.04. The molecule has 0 amide bonds. The fourth-order valence-electron chi connectivity index (χ4n) is 4.21. The first-order valence-electron chi connectivity index (χ1n) is 11.4. The van der Waals surface area contributed by atoms with Crippen molar-refractivity contribution >= 4 is 36.1 Å². The number of ether oxygens (including phenoxy) is 5. The van der Waals surface area contributed by atoms with Gasteiger partial charge < -0.3 is 32.7 Å². The lowest BCUT2D eigenvalue weighted by molar-refractivity contribution is -0.269. The molecule has 0 saturated carbocycles. The Bertz CT molecular complexity index is 1330. The maximum absolute atomic E-state index is 12.2. The molecule has 2 aromatic rings. The first kappa shape index (κ1) is 28.5. The van der Waals surface area contributed by atoms with E-state index in [1.807, 2.05) is 0 Å². The van der Waals surface area contributed by atoms with E-state index < -0.39 is 61.1 Å². The number of esters is 4. The molecule has 0 N–H and O–H groups in total. The predicted molar refractivity (Wildman–Crippen MR) is 130 cm³/mol. The number of rotatable bonds is 7. The number of nitrogens with zero attached hydrogens (tertiary/aromatic N) is 2. The Kier molecular flexibility index (Phi) is 9.03. The van der Waals surface area contributed by atoms with Crippen molar-refractivity contribution in [2.45, 2.75) is 65.3 Å². The van der Waals surface area contributed by atoms with Crippen molar-refractivity contribution in [2.75, 3.05) is 6.61 Å². The molecule has 202 valence electrons. The Morgan fingerprint density at radius 2 is 1.61 bits per heavy atom. The van der Waals surface area contributed by atoms with E-state index in [-0.39, 0.29) is 10.2 Å². The monoisotopic (exact) mass is 546 g/mol. The van der Waals surface area contributed by atoms with Gasteiger partial charge in [-0.05, 0) is 25.1 Å². The number of nitriles is 1. The van der Waals surface area contributed by atoms with Crippen LogP contribution in [0.3, 0.4) is 0 Å². The van der Waals surface area contributed by atoms with Crippen LogP contribution in [-0.2, 0) is 42.9 Å². The summed E-state index contributed by atoms with van der Waals surface area (Å²) >= 11 is 5.66. The molecule has 1 aliphatic heterocycles. The van der Waals surface area contributed by atoms with Gasteiger partial charge in [0.2, 0.25) is 0 Å². The highest BCUT2D eigenvalue weighted by Crippen LogP contribution is 2.37. The third kappa shape index (κ3) is 6.27. The molecule has 0 aromatic carbocycles. The summed E-state index contributed by atoms with van der Waals surface area (Å²) < 4.78 is 34.6. The molecule has 38 heavy (non-hydrogen) atoms. The van der Waals surface area contributed by atoms with Gasteiger partial charge >= 0.3 is 23.9 Å². The molecule has 0 aliphatic carbocycles. The molecule has 1 fully saturated rings. The zero-order chi connectivity index (χ0) is 28.1. The van der Waals surface area contributed by atoms with Crippen LogP contribution in [0.2, 0.25) is 0 Å². The maximum atomic E-state index is 12.2. The van der Waals surface area contributed by atoms with Crippen molar-refractivity contribution in [3.63, 3.8) is 0 Å². The van der Waals surface area contributed by atoms with Crippen LogP contribution < -0.4 is 0 Å². The lowest BCUT2D eigenvalue weighted by Gasteiger charge is -2.45. The Hall–Kier alpha value is -4.02. The van der Waals surface area contributed by atoms with Gasteiger partial charge in [-0.1, -0.05) is 12.2 Å².